The topological polar surface area (TPSA) is 30.0 Å². The molecule has 0 aliphatic heterocycles. The number of Topliss-reactive ketones (excluding diaryl/α,β-unsaturated/α-hetero) is 1. The largest absolute Gasteiger partial charge is 0.294 e. The molecule has 0 aliphatic carbocycles. The lowest BCUT2D eigenvalue weighted by molar-refractivity contribution is 0.0992. The van der Waals surface area contributed by atoms with Crippen molar-refractivity contribution >= 4 is 17.1 Å². The van der Waals surface area contributed by atoms with Crippen LogP contribution in [0.5, 0.6) is 0 Å². The average molecular weight is 287 g/mol. The van der Waals surface area contributed by atoms with Crippen LogP contribution in [0.1, 0.15) is 53.0 Å². The van der Waals surface area contributed by atoms with Crippen molar-refractivity contribution < 1.29 is 4.79 Å². The first-order valence-electron chi connectivity index (χ1n) is 6.82. The van der Waals surface area contributed by atoms with Crippen LogP contribution >= 0.6 is 11.3 Å². The minimum absolute atomic E-state index is 0.0387. The zero-order valence-corrected chi connectivity index (χ0v) is 13.6. The van der Waals surface area contributed by atoms with Crippen molar-refractivity contribution in [2.24, 2.45) is 0 Å². The summed E-state index contributed by atoms with van der Waals surface area (Å²) in [6.45, 7) is 10.4. The first kappa shape index (κ1) is 14.9. The summed E-state index contributed by atoms with van der Waals surface area (Å²) in [7, 11) is 0. The molecule has 2 aromatic rings. The molecule has 0 fully saturated rings. The number of carbonyl (C=O) groups is 1. The van der Waals surface area contributed by atoms with Crippen LogP contribution in [0.25, 0.3) is 0 Å². The van der Waals surface area contributed by atoms with Gasteiger partial charge in [0.2, 0.25) is 0 Å². The van der Waals surface area contributed by atoms with E-state index >= 15 is 0 Å². The van der Waals surface area contributed by atoms with Gasteiger partial charge in [0.15, 0.2) is 5.78 Å². The number of hydrogen-bond acceptors (Lipinski definition) is 3. The molecule has 0 saturated heterocycles. The van der Waals surface area contributed by atoms with Crippen molar-refractivity contribution in [3.63, 3.8) is 0 Å². The zero-order chi connectivity index (χ0) is 14.9. The molecular formula is C17H21NOS. The molecule has 0 N–H and O–H groups in total. The summed E-state index contributed by atoms with van der Waals surface area (Å²) >= 11 is 1.58. The van der Waals surface area contributed by atoms with Crippen LogP contribution in [0.15, 0.2) is 23.6 Å². The second-order valence-corrected chi connectivity index (χ2v) is 7.24. The van der Waals surface area contributed by atoms with E-state index in [1.54, 1.807) is 11.3 Å². The minimum Gasteiger partial charge on any atom is -0.294 e. The van der Waals surface area contributed by atoms with Gasteiger partial charge in [0, 0.05) is 16.4 Å². The van der Waals surface area contributed by atoms with Gasteiger partial charge < -0.3 is 0 Å². The summed E-state index contributed by atoms with van der Waals surface area (Å²) in [6, 6.07) is 6.01. The van der Waals surface area contributed by atoms with Crippen LogP contribution in [-0.2, 0) is 11.8 Å². The highest BCUT2D eigenvalue weighted by Gasteiger charge is 2.19. The minimum atomic E-state index is 0.0387. The van der Waals surface area contributed by atoms with E-state index in [0.29, 0.717) is 6.42 Å². The number of rotatable bonds is 3. The van der Waals surface area contributed by atoms with Crippen molar-refractivity contribution in [1.29, 1.82) is 0 Å². The predicted octanol–water partition coefficient (Wildman–Crippen LogP) is 4.48. The Balaban J connectivity index is 2.20. The monoisotopic (exact) mass is 287 g/mol. The Morgan fingerprint density at radius 3 is 2.55 bits per heavy atom. The zero-order valence-electron chi connectivity index (χ0n) is 12.8. The third kappa shape index (κ3) is 3.34. The highest BCUT2D eigenvalue weighted by Crippen LogP contribution is 2.25. The Labute approximate surface area is 124 Å². The van der Waals surface area contributed by atoms with Crippen molar-refractivity contribution in [3.8, 4) is 0 Å². The third-order valence-corrected chi connectivity index (χ3v) is 4.17. The molecule has 1 heterocycles. The van der Waals surface area contributed by atoms with E-state index in [0.717, 1.165) is 27.4 Å². The third-order valence-electron chi connectivity index (χ3n) is 3.33. The van der Waals surface area contributed by atoms with Gasteiger partial charge in [-0.3, -0.25) is 4.79 Å². The Kier molecular flexibility index (Phi) is 4.09. The van der Waals surface area contributed by atoms with E-state index < -0.39 is 0 Å². The summed E-state index contributed by atoms with van der Waals surface area (Å²) in [6.07, 6.45) is 0.394. The Bertz CT molecular complexity index is 635. The summed E-state index contributed by atoms with van der Waals surface area (Å²) in [5, 5.41) is 2.96. The second kappa shape index (κ2) is 5.49. The Morgan fingerprint density at radius 1 is 1.25 bits per heavy atom. The fourth-order valence-corrected chi connectivity index (χ4v) is 3.02. The first-order valence-corrected chi connectivity index (χ1v) is 7.70. The number of nitrogens with zero attached hydrogens (tertiary/aromatic N) is 1. The standard InChI is InChI=1S/C17H21NOS/c1-11-6-7-12(2)13(8-11)14(19)9-16-18-15(10-20-16)17(3,4)5/h6-8,10H,9H2,1-5H3. The molecule has 2 nitrogen and oxygen atoms in total. The van der Waals surface area contributed by atoms with E-state index in [2.05, 4.69) is 31.1 Å². The van der Waals surface area contributed by atoms with Crippen LogP contribution in [0.2, 0.25) is 0 Å². The summed E-state index contributed by atoms with van der Waals surface area (Å²) < 4.78 is 0. The molecule has 0 atom stereocenters. The maximum atomic E-state index is 12.4. The van der Waals surface area contributed by atoms with Gasteiger partial charge in [0.05, 0.1) is 12.1 Å². The van der Waals surface area contributed by atoms with Gasteiger partial charge >= 0.3 is 0 Å². The van der Waals surface area contributed by atoms with Gasteiger partial charge in [0.1, 0.15) is 5.01 Å². The molecule has 0 aliphatic rings. The van der Waals surface area contributed by atoms with E-state index in [1.807, 2.05) is 32.0 Å². The highest BCUT2D eigenvalue weighted by molar-refractivity contribution is 7.09. The van der Waals surface area contributed by atoms with Gasteiger partial charge in [-0.2, -0.15) is 0 Å². The normalized spacial score (nSPS) is 11.7. The summed E-state index contributed by atoms with van der Waals surface area (Å²) in [5.41, 5.74) is 4.07. The van der Waals surface area contributed by atoms with E-state index in [4.69, 9.17) is 0 Å². The predicted molar refractivity (Wildman–Crippen MR) is 84.8 cm³/mol. The average Bonchev–Trinajstić information content (AvgIpc) is 2.80. The van der Waals surface area contributed by atoms with E-state index in [-0.39, 0.29) is 11.2 Å². The molecule has 0 bridgehead atoms. The Hall–Kier alpha value is -1.48. The molecule has 106 valence electrons. The van der Waals surface area contributed by atoms with Crippen molar-refractivity contribution in [2.45, 2.75) is 46.5 Å². The molecule has 1 aromatic carbocycles. The quantitative estimate of drug-likeness (QED) is 0.779. The molecule has 0 spiro atoms. The SMILES string of the molecule is Cc1ccc(C)c(C(=O)Cc2nc(C(C)(C)C)cs2)c1. The van der Waals surface area contributed by atoms with Crippen molar-refractivity contribution in [3.05, 3.63) is 51.0 Å². The summed E-state index contributed by atoms with van der Waals surface area (Å²) in [4.78, 5) is 17.0. The number of aromatic nitrogens is 1. The number of carbonyl (C=O) groups excluding carboxylic acids is 1. The van der Waals surface area contributed by atoms with Crippen LogP contribution in [-0.4, -0.2) is 10.8 Å². The lowest BCUT2D eigenvalue weighted by Gasteiger charge is -2.14. The molecule has 0 amide bonds. The Morgan fingerprint density at radius 2 is 1.95 bits per heavy atom. The number of ketones is 1. The van der Waals surface area contributed by atoms with E-state index in [1.165, 1.54) is 0 Å². The second-order valence-electron chi connectivity index (χ2n) is 6.29. The molecular weight excluding hydrogens is 266 g/mol. The maximum Gasteiger partial charge on any atom is 0.169 e. The number of thiazole rings is 1. The number of benzene rings is 1. The molecule has 1 aromatic heterocycles. The number of aryl methyl sites for hydroxylation is 2. The molecule has 3 heteroatoms. The lowest BCUT2D eigenvalue weighted by atomic mass is 9.93. The van der Waals surface area contributed by atoms with Gasteiger partial charge in [-0.15, -0.1) is 11.3 Å². The summed E-state index contributed by atoms with van der Waals surface area (Å²) in [5.74, 6) is 0.154. The van der Waals surface area contributed by atoms with Crippen LogP contribution in [0.4, 0.5) is 0 Å². The molecule has 0 radical (unpaired) electrons. The molecule has 0 saturated carbocycles. The van der Waals surface area contributed by atoms with Gasteiger partial charge in [-0.05, 0) is 25.5 Å². The highest BCUT2D eigenvalue weighted by atomic mass is 32.1. The molecule has 20 heavy (non-hydrogen) atoms. The number of hydrogen-bond donors (Lipinski definition) is 0. The molecule has 2 rings (SSSR count). The fraction of sp³-hybridized carbons (Fsp3) is 0.412. The smallest absolute Gasteiger partial charge is 0.169 e. The maximum absolute atomic E-state index is 12.4. The first-order chi connectivity index (χ1) is 9.27. The lowest BCUT2D eigenvalue weighted by Crippen LogP contribution is -2.12. The van der Waals surface area contributed by atoms with Crippen LogP contribution in [0.3, 0.4) is 0 Å². The van der Waals surface area contributed by atoms with Gasteiger partial charge in [-0.25, -0.2) is 4.98 Å². The van der Waals surface area contributed by atoms with Gasteiger partial charge in [-0.1, -0.05) is 38.5 Å². The fourth-order valence-electron chi connectivity index (χ4n) is 2.01. The van der Waals surface area contributed by atoms with Crippen LogP contribution < -0.4 is 0 Å². The molecule has 0 unspecified atom stereocenters. The van der Waals surface area contributed by atoms with Crippen LogP contribution in [0, 0.1) is 13.8 Å². The van der Waals surface area contributed by atoms with E-state index in [9.17, 15) is 4.79 Å². The van der Waals surface area contributed by atoms with Gasteiger partial charge in [0.25, 0.3) is 0 Å². The van der Waals surface area contributed by atoms with Crippen molar-refractivity contribution in [1.82, 2.24) is 4.98 Å². The van der Waals surface area contributed by atoms with Crippen molar-refractivity contribution in [2.75, 3.05) is 0 Å².